The van der Waals surface area contributed by atoms with Crippen molar-refractivity contribution in [1.82, 2.24) is 5.32 Å². The number of nitrogens with one attached hydrogen (secondary N) is 1. The smallest absolute Gasteiger partial charge is 0.289 e. The molecule has 36 valence electrons. The summed E-state index contributed by atoms with van der Waals surface area (Å²) in [7, 11) is 0. The Morgan fingerprint density at radius 3 is 1.86 bits per heavy atom. The standard InChI is InChI=1S/C4H3NO2/c6-3-1-2-4(7)5-3/h1-2H,(H,5,6,7)/p+1. The number of carbonyl (C=O) groups is 2. The molecule has 0 bridgehead atoms. The van der Waals surface area contributed by atoms with Gasteiger partial charge in [0, 0.05) is 12.2 Å². The van der Waals surface area contributed by atoms with Crippen LogP contribution in [0.5, 0.6) is 0 Å². The molecule has 0 aliphatic carbocycles. The lowest BCUT2D eigenvalue weighted by Gasteiger charge is -1.80. The van der Waals surface area contributed by atoms with Gasteiger partial charge in [0.15, 0.2) is 0 Å². The molecule has 7 heavy (non-hydrogen) atoms. The Balaban J connectivity index is 0.000000490. The van der Waals surface area contributed by atoms with E-state index in [4.69, 9.17) is 0 Å². The van der Waals surface area contributed by atoms with E-state index in [0.717, 1.165) is 0 Å². The zero-order valence-corrected chi connectivity index (χ0v) is 3.47. The number of hydrogen-bond acceptors (Lipinski definition) is 2. The third-order valence-corrected chi connectivity index (χ3v) is 0.632. The fourth-order valence-corrected chi connectivity index (χ4v) is 0.356. The third kappa shape index (κ3) is 0.652. The van der Waals surface area contributed by atoms with Crippen LogP contribution in [0.4, 0.5) is 0 Å². The Morgan fingerprint density at radius 1 is 1.29 bits per heavy atom. The summed E-state index contributed by atoms with van der Waals surface area (Å²) in [5.74, 6) is -0.657. The van der Waals surface area contributed by atoms with Crippen molar-refractivity contribution in [3.8, 4) is 0 Å². The molecular weight excluding hydrogens is 94.0 g/mol. The first-order chi connectivity index (χ1) is 3.29. The zero-order valence-electron chi connectivity index (χ0n) is 4.47. The van der Waals surface area contributed by atoms with Gasteiger partial charge in [-0.1, -0.05) is 0 Å². The summed E-state index contributed by atoms with van der Waals surface area (Å²) in [4.78, 5) is 20.1. The van der Waals surface area contributed by atoms with E-state index in [1.807, 2.05) is 5.32 Å². The molecule has 0 spiro atoms. The van der Waals surface area contributed by atoms with E-state index >= 15 is 0 Å². The van der Waals surface area contributed by atoms with Crippen LogP contribution < -0.4 is 5.32 Å². The highest BCUT2D eigenvalue weighted by molar-refractivity contribution is 6.12. The molecular formula is C4H4NO2+. The van der Waals surface area contributed by atoms with Gasteiger partial charge in [-0.05, 0) is 0 Å². The van der Waals surface area contributed by atoms with E-state index in [-0.39, 0.29) is 13.2 Å². The van der Waals surface area contributed by atoms with Crippen LogP contribution in [0.25, 0.3) is 0 Å². The first-order valence-electron chi connectivity index (χ1n) is 1.82. The van der Waals surface area contributed by atoms with Crippen molar-refractivity contribution in [3.63, 3.8) is 0 Å². The van der Waals surface area contributed by atoms with E-state index in [1.54, 1.807) is 0 Å². The SMILES string of the molecule is O=C1C=CC(=O)N1.[H+]. The molecule has 1 aliphatic heterocycles. The molecule has 0 aromatic rings. The molecule has 0 aromatic carbocycles. The van der Waals surface area contributed by atoms with Crippen molar-refractivity contribution in [1.29, 1.82) is 0 Å². The maximum absolute atomic E-state index is 10.0. The van der Waals surface area contributed by atoms with Crippen molar-refractivity contribution >= 4 is 11.8 Å². The highest BCUT2D eigenvalue weighted by atomic mass is 16.2. The van der Waals surface area contributed by atoms with Crippen LogP contribution in [0.2, 0.25) is 0 Å². The first-order valence-corrected chi connectivity index (χ1v) is 1.82. The number of hydrogen-bond donors (Lipinski definition) is 1. The molecule has 3 heteroatoms. The highest BCUT2D eigenvalue weighted by Gasteiger charge is 2.06. The molecule has 1 N–H and O–H groups in total. The summed E-state index contributed by atoms with van der Waals surface area (Å²) in [5, 5.41) is 2.03. The molecule has 0 unspecified atom stereocenters. The predicted octanol–water partition coefficient (Wildman–Crippen LogP) is -0.689. The van der Waals surface area contributed by atoms with Gasteiger partial charge in [0.2, 0.25) is 0 Å². The highest BCUT2D eigenvalue weighted by Crippen LogP contribution is 1.82. The van der Waals surface area contributed by atoms with Crippen LogP contribution >= 0.6 is 0 Å². The van der Waals surface area contributed by atoms with E-state index in [1.165, 1.54) is 12.2 Å². The van der Waals surface area contributed by atoms with Gasteiger partial charge in [-0.25, -0.2) is 0 Å². The van der Waals surface area contributed by atoms with Gasteiger partial charge in [0.05, 0.1) is 0 Å². The quantitative estimate of drug-likeness (QED) is 0.408. The lowest BCUT2D eigenvalue weighted by atomic mass is 10.6. The van der Waals surface area contributed by atoms with E-state index < -0.39 is 0 Å². The summed E-state index contributed by atoms with van der Waals surface area (Å²) in [5.41, 5.74) is 0. The Labute approximate surface area is 41.5 Å². The zero-order chi connectivity index (χ0) is 5.28. The molecule has 0 aromatic heterocycles. The van der Waals surface area contributed by atoms with Crippen molar-refractivity contribution in [2.24, 2.45) is 0 Å². The van der Waals surface area contributed by atoms with E-state index in [2.05, 4.69) is 0 Å². The lowest BCUT2D eigenvalue weighted by Crippen LogP contribution is -2.19. The topological polar surface area (TPSA) is 46.2 Å². The van der Waals surface area contributed by atoms with E-state index in [9.17, 15) is 9.59 Å². The van der Waals surface area contributed by atoms with Gasteiger partial charge in [-0.3, -0.25) is 14.9 Å². The van der Waals surface area contributed by atoms with Crippen LogP contribution in [0.15, 0.2) is 12.2 Å². The van der Waals surface area contributed by atoms with Gasteiger partial charge in [-0.2, -0.15) is 0 Å². The molecule has 0 atom stereocenters. The number of amides is 2. The second kappa shape index (κ2) is 1.18. The average molecular weight is 98.1 g/mol. The molecule has 0 radical (unpaired) electrons. The van der Waals surface area contributed by atoms with Crippen LogP contribution in [0.3, 0.4) is 0 Å². The number of carbonyl (C=O) groups excluding carboxylic acids is 2. The van der Waals surface area contributed by atoms with Crippen molar-refractivity contribution in [2.75, 3.05) is 0 Å². The monoisotopic (exact) mass is 98.0 g/mol. The molecule has 0 saturated carbocycles. The lowest BCUT2D eigenvalue weighted by molar-refractivity contribution is -0.123. The van der Waals surface area contributed by atoms with Crippen molar-refractivity contribution in [2.45, 2.75) is 0 Å². The minimum absolute atomic E-state index is 0. The molecule has 2 amide bonds. The van der Waals surface area contributed by atoms with Crippen molar-refractivity contribution in [3.05, 3.63) is 12.2 Å². The largest absolute Gasteiger partial charge is 1.00 e. The minimum atomic E-state index is -0.329. The normalized spacial score (nSPS) is 17.7. The maximum Gasteiger partial charge on any atom is 1.00 e. The van der Waals surface area contributed by atoms with Gasteiger partial charge in [0.25, 0.3) is 11.8 Å². The molecule has 1 heterocycles. The maximum atomic E-state index is 10.0. The molecule has 0 fully saturated rings. The Morgan fingerprint density at radius 2 is 1.71 bits per heavy atom. The Hall–Kier alpha value is -1.12. The second-order valence-corrected chi connectivity index (χ2v) is 1.19. The minimum Gasteiger partial charge on any atom is -0.289 e. The van der Waals surface area contributed by atoms with Crippen molar-refractivity contribution < 1.29 is 11.0 Å². The van der Waals surface area contributed by atoms with E-state index in [0.29, 0.717) is 0 Å². The fraction of sp³-hybridized carbons (Fsp3) is 0. The summed E-state index contributed by atoms with van der Waals surface area (Å²) in [6.45, 7) is 0. The van der Waals surface area contributed by atoms with Crippen LogP contribution in [-0.2, 0) is 9.59 Å². The molecule has 1 aliphatic rings. The average Bonchev–Trinajstić information content (AvgIpc) is 1.87. The molecule has 3 nitrogen and oxygen atoms in total. The van der Waals surface area contributed by atoms with Crippen LogP contribution in [0.1, 0.15) is 1.43 Å². The summed E-state index contributed by atoms with van der Waals surface area (Å²) in [6, 6.07) is 0. The molecule has 0 saturated heterocycles. The second-order valence-electron chi connectivity index (χ2n) is 1.19. The Bertz CT molecular complexity index is 136. The number of imide groups is 1. The van der Waals surface area contributed by atoms with Gasteiger partial charge in [0.1, 0.15) is 0 Å². The predicted molar refractivity (Wildman–Crippen MR) is 23.4 cm³/mol. The van der Waals surface area contributed by atoms with Crippen LogP contribution in [-0.4, -0.2) is 11.8 Å². The van der Waals surface area contributed by atoms with Gasteiger partial charge >= 0.3 is 1.43 Å². The summed E-state index contributed by atoms with van der Waals surface area (Å²) in [6.07, 6.45) is 2.39. The first kappa shape index (κ1) is 4.05. The fourth-order valence-electron chi connectivity index (χ4n) is 0.356. The Kier molecular flexibility index (Phi) is 0.685. The van der Waals surface area contributed by atoms with Gasteiger partial charge < -0.3 is 0 Å². The summed E-state index contributed by atoms with van der Waals surface area (Å²) >= 11 is 0. The summed E-state index contributed by atoms with van der Waals surface area (Å²) < 4.78 is 0. The van der Waals surface area contributed by atoms with Crippen LogP contribution in [0, 0.1) is 0 Å². The van der Waals surface area contributed by atoms with Gasteiger partial charge in [-0.15, -0.1) is 0 Å². The number of rotatable bonds is 0. The molecule has 1 rings (SSSR count). The third-order valence-electron chi connectivity index (χ3n) is 0.632.